The van der Waals surface area contributed by atoms with E-state index in [0.29, 0.717) is 5.56 Å². The van der Waals surface area contributed by atoms with Gasteiger partial charge in [-0.1, -0.05) is 13.3 Å². The highest BCUT2D eigenvalue weighted by Crippen LogP contribution is 2.31. The smallest absolute Gasteiger partial charge is 0.337 e. The van der Waals surface area contributed by atoms with Crippen LogP contribution in [0.25, 0.3) is 10.9 Å². The van der Waals surface area contributed by atoms with Crippen LogP contribution in [0.15, 0.2) is 12.1 Å². The lowest BCUT2D eigenvalue weighted by Crippen LogP contribution is -2.04. The number of carboxylic acids is 1. The van der Waals surface area contributed by atoms with Crippen LogP contribution in [-0.4, -0.2) is 15.6 Å². The molecule has 0 radical (unpaired) electrons. The number of unbranched alkanes of at least 4 members (excludes halogenated alkanes) is 1. The highest BCUT2D eigenvalue weighted by Gasteiger charge is 2.19. The highest BCUT2D eigenvalue weighted by atomic mass is 16.4. The molecule has 0 bridgehead atoms. The first-order valence-corrected chi connectivity index (χ1v) is 7.36. The van der Waals surface area contributed by atoms with E-state index in [4.69, 9.17) is 0 Å². The van der Waals surface area contributed by atoms with Crippen molar-refractivity contribution in [2.45, 2.75) is 53.5 Å². The van der Waals surface area contributed by atoms with E-state index in [9.17, 15) is 9.90 Å². The first-order valence-electron chi connectivity index (χ1n) is 7.36. The van der Waals surface area contributed by atoms with Gasteiger partial charge in [0.25, 0.3) is 0 Å². The number of hydrogen-bond donors (Lipinski definition) is 1. The summed E-state index contributed by atoms with van der Waals surface area (Å²) in [4.78, 5) is 11.6. The normalized spacial score (nSPS) is 11.2. The van der Waals surface area contributed by atoms with Crippen LogP contribution in [0.4, 0.5) is 0 Å². The van der Waals surface area contributed by atoms with E-state index in [1.165, 1.54) is 11.3 Å². The van der Waals surface area contributed by atoms with E-state index in [1.54, 1.807) is 6.07 Å². The maximum Gasteiger partial charge on any atom is 0.337 e. The lowest BCUT2D eigenvalue weighted by molar-refractivity contribution is 0.0698. The molecule has 2 aromatic rings. The number of carbonyl (C=O) groups is 1. The molecule has 0 saturated carbocycles. The molecule has 0 atom stereocenters. The van der Waals surface area contributed by atoms with E-state index < -0.39 is 5.97 Å². The van der Waals surface area contributed by atoms with Gasteiger partial charge in [0.15, 0.2) is 0 Å². The van der Waals surface area contributed by atoms with Crippen molar-refractivity contribution in [1.29, 1.82) is 0 Å². The van der Waals surface area contributed by atoms with E-state index >= 15 is 0 Å². The van der Waals surface area contributed by atoms with E-state index in [2.05, 4.69) is 31.4 Å². The van der Waals surface area contributed by atoms with Crippen LogP contribution in [-0.2, 0) is 13.0 Å². The molecule has 0 unspecified atom stereocenters. The third-order valence-corrected chi connectivity index (χ3v) is 4.02. The quantitative estimate of drug-likeness (QED) is 0.881. The predicted molar refractivity (Wildman–Crippen MR) is 82.7 cm³/mol. The molecule has 1 aromatic carbocycles. The molecule has 0 spiro atoms. The Hall–Kier alpha value is -1.77. The molecule has 0 aliphatic heterocycles. The fourth-order valence-corrected chi connectivity index (χ4v) is 3.05. The third kappa shape index (κ3) is 2.33. The largest absolute Gasteiger partial charge is 0.478 e. The second-order valence-electron chi connectivity index (χ2n) is 5.43. The van der Waals surface area contributed by atoms with Crippen molar-refractivity contribution < 1.29 is 9.90 Å². The Balaban J connectivity index is 2.81. The van der Waals surface area contributed by atoms with E-state index in [-0.39, 0.29) is 0 Å². The summed E-state index contributed by atoms with van der Waals surface area (Å²) in [5.41, 5.74) is 4.85. The van der Waals surface area contributed by atoms with Gasteiger partial charge < -0.3 is 9.67 Å². The molecule has 0 aliphatic rings. The standard InChI is InChI=1S/C17H23NO2/c1-5-7-8-13-12(4)18(6-2)16-14(13)9-11(3)10-15(16)17(19)20/h9-10H,5-8H2,1-4H3,(H,19,20). The molecule has 1 N–H and O–H groups in total. The predicted octanol–water partition coefficient (Wildman–Crippen LogP) is 4.32. The van der Waals surface area contributed by atoms with Crippen LogP contribution in [0, 0.1) is 13.8 Å². The molecule has 3 heteroatoms. The van der Waals surface area contributed by atoms with Gasteiger partial charge >= 0.3 is 5.97 Å². The summed E-state index contributed by atoms with van der Waals surface area (Å²) >= 11 is 0. The van der Waals surface area contributed by atoms with Gasteiger partial charge in [0.05, 0.1) is 11.1 Å². The number of benzene rings is 1. The number of aryl methyl sites for hydroxylation is 3. The molecule has 0 aliphatic carbocycles. The van der Waals surface area contributed by atoms with Crippen LogP contribution in [0.1, 0.15) is 53.9 Å². The first-order chi connectivity index (χ1) is 9.51. The van der Waals surface area contributed by atoms with Gasteiger partial charge in [-0.15, -0.1) is 0 Å². The van der Waals surface area contributed by atoms with Crippen molar-refractivity contribution in [3.05, 3.63) is 34.5 Å². The monoisotopic (exact) mass is 273 g/mol. The Labute approximate surface area is 120 Å². The summed E-state index contributed by atoms with van der Waals surface area (Å²) in [6.45, 7) is 9.13. The maximum absolute atomic E-state index is 11.6. The van der Waals surface area contributed by atoms with Crippen molar-refractivity contribution in [1.82, 2.24) is 4.57 Å². The Bertz CT molecular complexity index is 653. The number of aromatic nitrogens is 1. The summed E-state index contributed by atoms with van der Waals surface area (Å²) in [7, 11) is 0. The van der Waals surface area contributed by atoms with Gasteiger partial charge in [-0.05, 0) is 56.9 Å². The van der Waals surface area contributed by atoms with Crippen molar-refractivity contribution in [2.24, 2.45) is 0 Å². The first kappa shape index (κ1) is 14.6. The van der Waals surface area contributed by atoms with Crippen molar-refractivity contribution in [3.63, 3.8) is 0 Å². The van der Waals surface area contributed by atoms with Crippen molar-refractivity contribution in [2.75, 3.05) is 0 Å². The second-order valence-corrected chi connectivity index (χ2v) is 5.43. The molecule has 0 saturated heterocycles. The SMILES string of the molecule is CCCCc1c(C)n(CC)c2c(C(=O)O)cc(C)cc12. The summed E-state index contributed by atoms with van der Waals surface area (Å²) in [6.07, 6.45) is 3.31. The third-order valence-electron chi connectivity index (χ3n) is 4.02. The van der Waals surface area contributed by atoms with E-state index in [0.717, 1.165) is 42.3 Å². The van der Waals surface area contributed by atoms with Crippen LogP contribution in [0.2, 0.25) is 0 Å². The zero-order valence-electron chi connectivity index (χ0n) is 12.8. The molecule has 0 amide bonds. The van der Waals surface area contributed by atoms with Gasteiger partial charge in [-0.3, -0.25) is 0 Å². The number of nitrogens with zero attached hydrogens (tertiary/aromatic N) is 1. The Kier molecular flexibility index (Phi) is 4.17. The lowest BCUT2D eigenvalue weighted by Gasteiger charge is -2.07. The van der Waals surface area contributed by atoms with Crippen LogP contribution in [0.3, 0.4) is 0 Å². The van der Waals surface area contributed by atoms with E-state index in [1.807, 2.05) is 6.92 Å². The Morgan fingerprint density at radius 1 is 1.25 bits per heavy atom. The van der Waals surface area contributed by atoms with Crippen molar-refractivity contribution >= 4 is 16.9 Å². The zero-order chi connectivity index (χ0) is 14.9. The van der Waals surface area contributed by atoms with Gasteiger partial charge in [0.1, 0.15) is 0 Å². The van der Waals surface area contributed by atoms with Gasteiger partial charge in [-0.2, -0.15) is 0 Å². The molecule has 0 fully saturated rings. The van der Waals surface area contributed by atoms with Gasteiger partial charge in [-0.25, -0.2) is 4.79 Å². The van der Waals surface area contributed by atoms with Gasteiger partial charge in [0.2, 0.25) is 0 Å². The summed E-state index contributed by atoms with van der Waals surface area (Å²) in [5.74, 6) is -0.840. The van der Waals surface area contributed by atoms with Crippen molar-refractivity contribution in [3.8, 4) is 0 Å². The van der Waals surface area contributed by atoms with Gasteiger partial charge in [0, 0.05) is 17.6 Å². The molecule has 3 nitrogen and oxygen atoms in total. The Morgan fingerprint density at radius 3 is 2.50 bits per heavy atom. The molecule has 108 valence electrons. The Morgan fingerprint density at radius 2 is 1.95 bits per heavy atom. The average molecular weight is 273 g/mol. The fourth-order valence-electron chi connectivity index (χ4n) is 3.05. The number of carboxylic acid groups (broad SMARTS) is 1. The molecule has 20 heavy (non-hydrogen) atoms. The topological polar surface area (TPSA) is 42.2 Å². The summed E-state index contributed by atoms with van der Waals surface area (Å²) in [5, 5.41) is 10.6. The van der Waals surface area contributed by atoms with Crippen LogP contribution in [0.5, 0.6) is 0 Å². The minimum absolute atomic E-state index is 0.424. The summed E-state index contributed by atoms with van der Waals surface area (Å²) < 4.78 is 2.14. The molecule has 2 rings (SSSR count). The number of rotatable bonds is 5. The number of hydrogen-bond acceptors (Lipinski definition) is 1. The lowest BCUT2D eigenvalue weighted by atomic mass is 10.0. The minimum Gasteiger partial charge on any atom is -0.478 e. The number of fused-ring (bicyclic) bond motifs is 1. The molecule has 1 heterocycles. The molecular weight excluding hydrogens is 250 g/mol. The average Bonchev–Trinajstić information content (AvgIpc) is 2.66. The van der Waals surface area contributed by atoms with Crippen LogP contribution >= 0.6 is 0 Å². The van der Waals surface area contributed by atoms with Crippen LogP contribution < -0.4 is 0 Å². The second kappa shape index (κ2) is 5.70. The maximum atomic E-state index is 11.6. The highest BCUT2D eigenvalue weighted by molar-refractivity contribution is 6.04. The molecule has 1 aromatic heterocycles. The summed E-state index contributed by atoms with van der Waals surface area (Å²) in [6, 6.07) is 3.91. The number of aromatic carboxylic acids is 1. The zero-order valence-corrected chi connectivity index (χ0v) is 12.8. The minimum atomic E-state index is -0.840. The molecular formula is C17H23NO2. The fraction of sp³-hybridized carbons (Fsp3) is 0.471.